The van der Waals surface area contributed by atoms with Gasteiger partial charge in [-0.15, -0.1) is 0 Å². The van der Waals surface area contributed by atoms with Gasteiger partial charge in [-0.25, -0.2) is 4.79 Å². The van der Waals surface area contributed by atoms with Crippen LogP contribution in [-0.4, -0.2) is 39.8 Å². The third-order valence-corrected chi connectivity index (χ3v) is 3.48. The first kappa shape index (κ1) is 14.1. The van der Waals surface area contributed by atoms with Gasteiger partial charge in [0.05, 0.1) is 18.5 Å². The van der Waals surface area contributed by atoms with Gasteiger partial charge < -0.3 is 4.74 Å². The Hall–Kier alpha value is -1.36. The minimum absolute atomic E-state index is 0.266. The zero-order chi connectivity index (χ0) is 13.8. The van der Waals surface area contributed by atoms with E-state index >= 15 is 0 Å². The van der Waals surface area contributed by atoms with E-state index in [9.17, 15) is 4.79 Å². The molecule has 1 saturated carbocycles. The van der Waals surface area contributed by atoms with Gasteiger partial charge >= 0.3 is 5.97 Å². The summed E-state index contributed by atoms with van der Waals surface area (Å²) in [6.45, 7) is 6.25. The molecule has 1 aliphatic rings. The summed E-state index contributed by atoms with van der Waals surface area (Å²) in [6, 6.07) is 0.685. The third-order valence-electron chi connectivity index (χ3n) is 3.48. The molecule has 1 aromatic heterocycles. The van der Waals surface area contributed by atoms with Crippen molar-refractivity contribution in [3.8, 4) is 0 Å². The maximum absolute atomic E-state index is 11.9. The minimum atomic E-state index is -0.266. The molecule has 1 fully saturated rings. The smallest absolute Gasteiger partial charge is 0.341 e. The number of aromatic nitrogens is 2. The zero-order valence-corrected chi connectivity index (χ0v) is 12.1. The number of carbonyl (C=O) groups is 1. The first-order chi connectivity index (χ1) is 9.17. The molecule has 1 heterocycles. The van der Waals surface area contributed by atoms with E-state index in [4.69, 9.17) is 4.74 Å². The summed E-state index contributed by atoms with van der Waals surface area (Å²) in [5.41, 5.74) is 1.56. The summed E-state index contributed by atoms with van der Waals surface area (Å²) in [5, 5.41) is 4.20. The Bertz CT molecular complexity index is 438. The lowest BCUT2D eigenvalue weighted by Crippen LogP contribution is -2.28. The fourth-order valence-electron chi connectivity index (χ4n) is 2.34. The summed E-state index contributed by atoms with van der Waals surface area (Å²) in [6.07, 6.45) is 5.28. The Labute approximate surface area is 114 Å². The molecule has 1 aliphatic carbocycles. The van der Waals surface area contributed by atoms with Crippen LogP contribution >= 0.6 is 0 Å². The van der Waals surface area contributed by atoms with Crippen LogP contribution < -0.4 is 0 Å². The quantitative estimate of drug-likeness (QED) is 0.707. The Morgan fingerprint density at radius 3 is 2.84 bits per heavy atom. The predicted molar refractivity (Wildman–Crippen MR) is 72.9 cm³/mol. The van der Waals surface area contributed by atoms with E-state index in [0.717, 1.165) is 25.2 Å². The molecule has 0 spiro atoms. The van der Waals surface area contributed by atoms with E-state index in [2.05, 4.69) is 16.9 Å². The SMILES string of the molecule is CCCN(Cc1c(C(=O)OCC)cnn1C)C1CC1. The van der Waals surface area contributed by atoms with Gasteiger partial charge in [0.1, 0.15) is 5.56 Å². The number of aryl methyl sites for hydroxylation is 1. The number of rotatable bonds is 7. The number of hydrogen-bond donors (Lipinski definition) is 0. The van der Waals surface area contributed by atoms with Crippen molar-refractivity contribution < 1.29 is 9.53 Å². The second-order valence-corrected chi connectivity index (χ2v) is 5.05. The molecule has 0 bridgehead atoms. The first-order valence-electron chi connectivity index (χ1n) is 7.09. The van der Waals surface area contributed by atoms with Crippen LogP contribution in [0, 0.1) is 0 Å². The van der Waals surface area contributed by atoms with Gasteiger partial charge in [0, 0.05) is 19.6 Å². The highest BCUT2D eigenvalue weighted by molar-refractivity contribution is 5.90. The monoisotopic (exact) mass is 265 g/mol. The van der Waals surface area contributed by atoms with Crippen molar-refractivity contribution in [1.82, 2.24) is 14.7 Å². The Morgan fingerprint density at radius 1 is 1.53 bits per heavy atom. The molecule has 5 nitrogen and oxygen atoms in total. The molecule has 0 aromatic carbocycles. The second-order valence-electron chi connectivity index (χ2n) is 5.05. The van der Waals surface area contributed by atoms with Gasteiger partial charge in [0.25, 0.3) is 0 Å². The van der Waals surface area contributed by atoms with E-state index in [1.807, 2.05) is 14.0 Å². The molecule has 0 radical (unpaired) electrons. The third kappa shape index (κ3) is 3.35. The molecule has 1 aromatic rings. The van der Waals surface area contributed by atoms with Crippen LogP contribution in [0.2, 0.25) is 0 Å². The highest BCUT2D eigenvalue weighted by atomic mass is 16.5. The minimum Gasteiger partial charge on any atom is -0.462 e. The lowest BCUT2D eigenvalue weighted by Gasteiger charge is -2.21. The van der Waals surface area contributed by atoms with Crippen LogP contribution in [-0.2, 0) is 18.3 Å². The van der Waals surface area contributed by atoms with Crippen LogP contribution in [0.25, 0.3) is 0 Å². The van der Waals surface area contributed by atoms with E-state index in [0.29, 0.717) is 18.2 Å². The molecule has 0 aliphatic heterocycles. The average Bonchev–Trinajstić information content (AvgIpc) is 3.15. The summed E-state index contributed by atoms with van der Waals surface area (Å²) in [4.78, 5) is 14.4. The number of nitrogens with zero attached hydrogens (tertiary/aromatic N) is 3. The Morgan fingerprint density at radius 2 is 2.26 bits per heavy atom. The Balaban J connectivity index is 2.13. The first-order valence-corrected chi connectivity index (χ1v) is 7.09. The standard InChI is InChI=1S/C14H23N3O2/c1-4-8-17(11-6-7-11)10-13-12(9-15-16(13)3)14(18)19-5-2/h9,11H,4-8,10H2,1-3H3. The molecule has 19 heavy (non-hydrogen) atoms. The number of ether oxygens (including phenoxy) is 1. The van der Waals surface area contributed by atoms with Crippen LogP contribution in [0.3, 0.4) is 0 Å². The average molecular weight is 265 g/mol. The van der Waals surface area contributed by atoms with Crippen LogP contribution in [0.1, 0.15) is 49.2 Å². The van der Waals surface area contributed by atoms with Gasteiger partial charge in [0.15, 0.2) is 0 Å². The van der Waals surface area contributed by atoms with Crippen molar-refractivity contribution in [3.63, 3.8) is 0 Å². The summed E-state index contributed by atoms with van der Waals surface area (Å²) in [7, 11) is 1.88. The van der Waals surface area contributed by atoms with Crippen molar-refractivity contribution in [2.24, 2.45) is 7.05 Å². The number of esters is 1. The molecule has 0 saturated heterocycles. The Kier molecular flexibility index (Phi) is 4.58. The highest BCUT2D eigenvalue weighted by Crippen LogP contribution is 2.29. The van der Waals surface area contributed by atoms with Crippen LogP contribution in [0.4, 0.5) is 0 Å². The number of hydrogen-bond acceptors (Lipinski definition) is 4. The van der Waals surface area contributed by atoms with E-state index in [-0.39, 0.29) is 5.97 Å². The molecule has 0 N–H and O–H groups in total. The lowest BCUT2D eigenvalue weighted by atomic mass is 10.2. The van der Waals surface area contributed by atoms with Crippen LogP contribution in [0.5, 0.6) is 0 Å². The highest BCUT2D eigenvalue weighted by Gasteiger charge is 2.30. The van der Waals surface area contributed by atoms with Crippen molar-refractivity contribution in [2.45, 2.75) is 45.7 Å². The van der Waals surface area contributed by atoms with Gasteiger partial charge in [-0.05, 0) is 32.7 Å². The summed E-state index contributed by atoms with van der Waals surface area (Å²) in [5.74, 6) is -0.266. The lowest BCUT2D eigenvalue weighted by molar-refractivity contribution is 0.0523. The molecule has 0 atom stereocenters. The van der Waals surface area contributed by atoms with Gasteiger partial charge in [0.2, 0.25) is 0 Å². The maximum Gasteiger partial charge on any atom is 0.341 e. The molecule has 2 rings (SSSR count). The zero-order valence-electron chi connectivity index (χ0n) is 12.1. The maximum atomic E-state index is 11.9. The van der Waals surface area contributed by atoms with E-state index in [1.165, 1.54) is 12.8 Å². The normalized spacial score (nSPS) is 14.9. The fourth-order valence-corrected chi connectivity index (χ4v) is 2.34. The second kappa shape index (κ2) is 6.19. The van der Waals surface area contributed by atoms with Gasteiger partial charge in [-0.2, -0.15) is 5.10 Å². The topological polar surface area (TPSA) is 47.4 Å². The molecule has 0 amide bonds. The molecule has 5 heteroatoms. The fraction of sp³-hybridized carbons (Fsp3) is 0.714. The molecule has 0 unspecified atom stereocenters. The number of carbonyl (C=O) groups excluding carboxylic acids is 1. The molecule has 106 valence electrons. The summed E-state index contributed by atoms with van der Waals surface area (Å²) >= 11 is 0. The van der Waals surface area contributed by atoms with Crippen molar-refractivity contribution in [1.29, 1.82) is 0 Å². The summed E-state index contributed by atoms with van der Waals surface area (Å²) < 4.78 is 6.88. The predicted octanol–water partition coefficient (Wildman–Crippen LogP) is 1.97. The van der Waals surface area contributed by atoms with E-state index < -0.39 is 0 Å². The largest absolute Gasteiger partial charge is 0.462 e. The molecular weight excluding hydrogens is 242 g/mol. The van der Waals surface area contributed by atoms with Gasteiger partial charge in [-0.3, -0.25) is 9.58 Å². The van der Waals surface area contributed by atoms with E-state index in [1.54, 1.807) is 10.9 Å². The molecular formula is C14H23N3O2. The van der Waals surface area contributed by atoms with Crippen molar-refractivity contribution >= 4 is 5.97 Å². The van der Waals surface area contributed by atoms with Crippen LogP contribution in [0.15, 0.2) is 6.20 Å². The van der Waals surface area contributed by atoms with Crippen molar-refractivity contribution in [2.75, 3.05) is 13.2 Å². The van der Waals surface area contributed by atoms with Gasteiger partial charge in [-0.1, -0.05) is 6.92 Å². The van der Waals surface area contributed by atoms with Crippen molar-refractivity contribution in [3.05, 3.63) is 17.5 Å².